The van der Waals surface area contributed by atoms with Crippen molar-refractivity contribution in [2.45, 2.75) is 32.4 Å². The maximum Gasteiger partial charge on any atom is 0.305 e. The minimum Gasteiger partial charge on any atom is -0.497 e. The fourth-order valence-electron chi connectivity index (χ4n) is 2.50. The molecule has 140 valence electrons. The molecule has 26 heavy (non-hydrogen) atoms. The van der Waals surface area contributed by atoms with E-state index in [1.807, 2.05) is 13.8 Å². The van der Waals surface area contributed by atoms with Gasteiger partial charge in [-0.1, -0.05) is 0 Å². The molecule has 1 amide bonds. The molecule has 2 N–H and O–H groups in total. The number of nitrogens with zero attached hydrogens (tertiary/aromatic N) is 2. The quantitative estimate of drug-likeness (QED) is 0.748. The Hall–Kier alpha value is -3.03. The van der Waals surface area contributed by atoms with E-state index in [4.69, 9.17) is 9.47 Å². The number of benzene rings is 1. The van der Waals surface area contributed by atoms with Crippen LogP contribution < -0.4 is 14.8 Å². The third-order valence-corrected chi connectivity index (χ3v) is 3.87. The molecule has 0 aliphatic carbocycles. The molecule has 1 aromatic carbocycles. The molecule has 1 atom stereocenters. The Balaban J connectivity index is 2.29. The average molecular weight is 361 g/mol. The van der Waals surface area contributed by atoms with Crippen molar-refractivity contribution in [3.05, 3.63) is 41.7 Å². The molecule has 0 bridgehead atoms. The molecule has 0 saturated carbocycles. The third-order valence-electron chi connectivity index (χ3n) is 3.87. The molecule has 0 fully saturated rings. The molecular formula is C18H23N3O5. The van der Waals surface area contributed by atoms with E-state index in [1.165, 1.54) is 14.2 Å². The molecule has 0 radical (unpaired) electrons. The summed E-state index contributed by atoms with van der Waals surface area (Å²) >= 11 is 0. The fourth-order valence-corrected chi connectivity index (χ4v) is 2.50. The largest absolute Gasteiger partial charge is 0.497 e. The van der Waals surface area contributed by atoms with Gasteiger partial charge in [-0.3, -0.25) is 14.3 Å². The van der Waals surface area contributed by atoms with Gasteiger partial charge in [0.15, 0.2) is 0 Å². The Kier molecular flexibility index (Phi) is 6.21. The van der Waals surface area contributed by atoms with Crippen molar-refractivity contribution in [3.8, 4) is 11.5 Å². The second kappa shape index (κ2) is 8.37. The molecule has 0 aliphatic heterocycles. The number of rotatable bonds is 8. The predicted molar refractivity (Wildman–Crippen MR) is 94.6 cm³/mol. The number of aliphatic carboxylic acids is 1. The minimum atomic E-state index is -1.04. The smallest absolute Gasteiger partial charge is 0.305 e. The Bertz CT molecular complexity index is 785. The van der Waals surface area contributed by atoms with Gasteiger partial charge in [-0.25, -0.2) is 0 Å². The van der Waals surface area contributed by atoms with E-state index >= 15 is 0 Å². The van der Waals surface area contributed by atoms with Gasteiger partial charge in [-0.2, -0.15) is 5.10 Å². The highest BCUT2D eigenvalue weighted by atomic mass is 16.5. The highest BCUT2D eigenvalue weighted by molar-refractivity contribution is 5.92. The van der Waals surface area contributed by atoms with Crippen LogP contribution in [0.4, 0.5) is 0 Å². The summed E-state index contributed by atoms with van der Waals surface area (Å²) in [6.45, 7) is 3.90. The Morgan fingerprint density at radius 1 is 1.23 bits per heavy atom. The summed E-state index contributed by atoms with van der Waals surface area (Å²) in [4.78, 5) is 23.8. The van der Waals surface area contributed by atoms with Crippen molar-refractivity contribution in [2.75, 3.05) is 14.2 Å². The van der Waals surface area contributed by atoms with Gasteiger partial charge < -0.3 is 19.9 Å². The molecule has 0 aliphatic rings. The number of ether oxygens (including phenoxy) is 2. The first-order valence-electron chi connectivity index (χ1n) is 8.15. The lowest BCUT2D eigenvalue weighted by molar-refractivity contribution is -0.137. The highest BCUT2D eigenvalue weighted by Crippen LogP contribution is 2.31. The summed E-state index contributed by atoms with van der Waals surface area (Å²) in [6, 6.07) is 5.95. The second-order valence-corrected chi connectivity index (χ2v) is 6.01. The van der Waals surface area contributed by atoms with Gasteiger partial charge in [0.25, 0.3) is 5.91 Å². The van der Waals surface area contributed by atoms with Gasteiger partial charge >= 0.3 is 5.97 Å². The van der Waals surface area contributed by atoms with Crippen molar-refractivity contribution in [3.63, 3.8) is 0 Å². The van der Waals surface area contributed by atoms with Crippen molar-refractivity contribution in [1.29, 1.82) is 0 Å². The number of methoxy groups -OCH3 is 2. The monoisotopic (exact) mass is 361 g/mol. The molecular weight excluding hydrogens is 338 g/mol. The number of hydrogen-bond donors (Lipinski definition) is 2. The van der Waals surface area contributed by atoms with Gasteiger partial charge in [-0.05, 0) is 32.0 Å². The van der Waals surface area contributed by atoms with Crippen molar-refractivity contribution in [2.24, 2.45) is 0 Å². The number of carboxylic acids is 1. The highest BCUT2D eigenvalue weighted by Gasteiger charge is 2.23. The van der Waals surface area contributed by atoms with E-state index in [-0.39, 0.29) is 18.2 Å². The normalized spacial score (nSPS) is 11.9. The van der Waals surface area contributed by atoms with Crippen LogP contribution in [0.5, 0.6) is 11.5 Å². The van der Waals surface area contributed by atoms with Crippen LogP contribution in [0.25, 0.3) is 0 Å². The lowest BCUT2D eigenvalue weighted by atomic mass is 10.0. The van der Waals surface area contributed by atoms with Crippen LogP contribution in [0.15, 0.2) is 30.5 Å². The molecule has 1 aromatic heterocycles. The topological polar surface area (TPSA) is 103 Å². The van der Waals surface area contributed by atoms with Gasteiger partial charge in [0, 0.05) is 23.9 Å². The van der Waals surface area contributed by atoms with Gasteiger partial charge in [0.05, 0.1) is 26.7 Å². The molecule has 2 rings (SSSR count). The SMILES string of the molecule is COc1ccc(C(CC(=O)O)NC(=O)c2ccn(C(C)C)n2)c(OC)c1. The van der Waals surface area contributed by atoms with Crippen LogP contribution in [-0.4, -0.2) is 41.0 Å². The number of aromatic nitrogens is 2. The second-order valence-electron chi connectivity index (χ2n) is 6.01. The van der Waals surface area contributed by atoms with Crippen LogP contribution in [-0.2, 0) is 4.79 Å². The molecule has 1 heterocycles. The molecule has 1 unspecified atom stereocenters. The van der Waals surface area contributed by atoms with Crippen LogP contribution >= 0.6 is 0 Å². The maximum atomic E-state index is 12.5. The van der Waals surface area contributed by atoms with E-state index in [1.54, 1.807) is 35.1 Å². The van der Waals surface area contributed by atoms with Crippen molar-refractivity contribution in [1.82, 2.24) is 15.1 Å². The standard InChI is InChI=1S/C18H23N3O5/c1-11(2)21-8-7-14(20-21)18(24)19-15(10-17(22)23)13-6-5-12(25-3)9-16(13)26-4/h5-9,11,15H,10H2,1-4H3,(H,19,24)(H,22,23). The zero-order valence-corrected chi connectivity index (χ0v) is 15.2. The maximum absolute atomic E-state index is 12.5. The number of carboxylic acid groups (broad SMARTS) is 1. The fraction of sp³-hybridized carbons (Fsp3) is 0.389. The van der Waals surface area contributed by atoms with Crippen LogP contribution in [0.1, 0.15) is 48.4 Å². The zero-order valence-electron chi connectivity index (χ0n) is 15.2. The predicted octanol–water partition coefficient (Wildman–Crippen LogP) is 2.43. The average Bonchev–Trinajstić information content (AvgIpc) is 3.10. The summed E-state index contributed by atoms with van der Waals surface area (Å²) in [7, 11) is 3.00. The van der Waals surface area contributed by atoms with Gasteiger partial charge in [0.1, 0.15) is 17.2 Å². The number of carbonyl (C=O) groups is 2. The van der Waals surface area contributed by atoms with E-state index in [0.717, 1.165) is 0 Å². The van der Waals surface area contributed by atoms with E-state index in [0.29, 0.717) is 17.1 Å². The molecule has 8 nitrogen and oxygen atoms in total. The lowest BCUT2D eigenvalue weighted by Gasteiger charge is -2.20. The molecule has 0 spiro atoms. The number of carbonyl (C=O) groups excluding carboxylic acids is 1. The Morgan fingerprint density at radius 3 is 2.50 bits per heavy atom. The summed E-state index contributed by atoms with van der Waals surface area (Å²) in [5.74, 6) is -0.486. The van der Waals surface area contributed by atoms with E-state index in [9.17, 15) is 14.7 Å². The van der Waals surface area contributed by atoms with Crippen molar-refractivity contribution < 1.29 is 24.2 Å². The lowest BCUT2D eigenvalue weighted by Crippen LogP contribution is -2.31. The van der Waals surface area contributed by atoms with E-state index < -0.39 is 17.9 Å². The summed E-state index contributed by atoms with van der Waals surface area (Å²) in [6.07, 6.45) is 1.42. The summed E-state index contributed by atoms with van der Waals surface area (Å²) in [5, 5.41) is 16.2. The van der Waals surface area contributed by atoms with Gasteiger partial charge in [0.2, 0.25) is 0 Å². The van der Waals surface area contributed by atoms with Crippen LogP contribution in [0.2, 0.25) is 0 Å². The first-order chi connectivity index (χ1) is 12.3. The Labute approximate surface area is 151 Å². The van der Waals surface area contributed by atoms with E-state index in [2.05, 4.69) is 10.4 Å². The number of amides is 1. The third kappa shape index (κ3) is 4.53. The molecule has 0 saturated heterocycles. The van der Waals surface area contributed by atoms with Crippen molar-refractivity contribution >= 4 is 11.9 Å². The summed E-state index contributed by atoms with van der Waals surface area (Å²) in [5.41, 5.74) is 0.772. The first-order valence-corrected chi connectivity index (χ1v) is 8.15. The zero-order chi connectivity index (χ0) is 19.3. The minimum absolute atomic E-state index is 0.119. The van der Waals surface area contributed by atoms with Crippen LogP contribution in [0, 0.1) is 0 Å². The van der Waals surface area contributed by atoms with Gasteiger partial charge in [-0.15, -0.1) is 0 Å². The molecule has 2 aromatic rings. The Morgan fingerprint density at radius 2 is 1.96 bits per heavy atom. The van der Waals surface area contributed by atoms with Crippen LogP contribution in [0.3, 0.4) is 0 Å². The first kappa shape index (κ1) is 19.3. The molecule has 8 heteroatoms. The summed E-state index contributed by atoms with van der Waals surface area (Å²) < 4.78 is 12.1. The number of nitrogens with one attached hydrogen (secondary N) is 1. The number of hydrogen-bond acceptors (Lipinski definition) is 5.